The van der Waals surface area contributed by atoms with Crippen LogP contribution in [-0.4, -0.2) is 21.0 Å². The first-order valence-electron chi connectivity index (χ1n) is 7.30. The number of nitrogens with one attached hydrogen (secondary N) is 1. The Labute approximate surface area is 127 Å². The first-order chi connectivity index (χ1) is 9.97. The summed E-state index contributed by atoms with van der Waals surface area (Å²) in [5.41, 5.74) is 6.75. The molecule has 21 heavy (non-hydrogen) atoms. The maximum atomic E-state index is 12.5. The van der Waals surface area contributed by atoms with Gasteiger partial charge in [0.2, 0.25) is 10.0 Å². The van der Waals surface area contributed by atoms with Crippen LogP contribution in [0.15, 0.2) is 23.1 Å². The van der Waals surface area contributed by atoms with E-state index in [9.17, 15) is 8.42 Å². The summed E-state index contributed by atoms with van der Waals surface area (Å²) >= 11 is 0. The quantitative estimate of drug-likeness (QED) is 0.814. The van der Waals surface area contributed by atoms with Crippen molar-refractivity contribution >= 4 is 10.0 Å². The molecule has 0 bridgehead atoms. The van der Waals surface area contributed by atoms with Gasteiger partial charge < -0.3 is 5.73 Å². The van der Waals surface area contributed by atoms with Crippen LogP contribution in [0, 0.1) is 24.7 Å². The van der Waals surface area contributed by atoms with E-state index in [0.717, 1.165) is 24.8 Å². The van der Waals surface area contributed by atoms with Gasteiger partial charge in [-0.25, -0.2) is 13.1 Å². The lowest BCUT2D eigenvalue weighted by atomic mass is 10.1. The van der Waals surface area contributed by atoms with Gasteiger partial charge in [0.05, 0.1) is 11.4 Å². The van der Waals surface area contributed by atoms with Gasteiger partial charge in [-0.05, 0) is 43.4 Å². The van der Waals surface area contributed by atoms with E-state index in [-0.39, 0.29) is 12.6 Å². The molecule has 5 heteroatoms. The van der Waals surface area contributed by atoms with Crippen molar-refractivity contribution in [3.8, 4) is 11.8 Å². The Morgan fingerprint density at radius 1 is 1.43 bits per heavy atom. The summed E-state index contributed by atoms with van der Waals surface area (Å²) in [4.78, 5) is 0.313. The summed E-state index contributed by atoms with van der Waals surface area (Å²) in [6.45, 7) is 4.17. The predicted molar refractivity (Wildman–Crippen MR) is 84.2 cm³/mol. The molecular formula is C16H22N2O2S. The Kier molecular flexibility index (Phi) is 5.04. The van der Waals surface area contributed by atoms with Crippen LogP contribution in [0.4, 0.5) is 0 Å². The zero-order valence-electron chi connectivity index (χ0n) is 12.5. The Balaban J connectivity index is 2.19. The lowest BCUT2D eigenvalue weighted by Crippen LogP contribution is -2.27. The molecule has 0 aromatic heterocycles. The van der Waals surface area contributed by atoms with Crippen LogP contribution in [0.5, 0.6) is 0 Å². The number of nitrogens with two attached hydrogens (primary N) is 1. The van der Waals surface area contributed by atoms with Crippen LogP contribution < -0.4 is 10.5 Å². The Morgan fingerprint density at radius 3 is 2.86 bits per heavy atom. The van der Waals surface area contributed by atoms with E-state index >= 15 is 0 Å². The standard InChI is InChI=1S/C16H22N2O2S/c1-3-5-14-11-15(14)18-21(19,20)16-10-13(6-4-9-17)8-7-12(16)2/h7-8,10,14-15,18H,3,5,9,11,17H2,1-2H3. The molecule has 0 spiro atoms. The topological polar surface area (TPSA) is 72.2 Å². The molecule has 2 rings (SSSR count). The highest BCUT2D eigenvalue weighted by Crippen LogP contribution is 2.35. The van der Waals surface area contributed by atoms with Crippen LogP contribution in [0.1, 0.15) is 37.3 Å². The molecule has 1 fully saturated rings. The molecule has 1 aliphatic carbocycles. The third-order valence-electron chi connectivity index (χ3n) is 3.70. The molecular weight excluding hydrogens is 284 g/mol. The fourth-order valence-corrected chi connectivity index (χ4v) is 4.05. The zero-order chi connectivity index (χ0) is 15.5. The van der Waals surface area contributed by atoms with Gasteiger partial charge >= 0.3 is 0 Å². The molecule has 1 aromatic carbocycles. The summed E-state index contributed by atoms with van der Waals surface area (Å²) < 4.78 is 27.8. The summed E-state index contributed by atoms with van der Waals surface area (Å²) in [6, 6.07) is 5.31. The fourth-order valence-electron chi connectivity index (χ4n) is 2.46. The first kappa shape index (κ1) is 16.0. The largest absolute Gasteiger partial charge is 0.320 e. The normalized spacial score (nSPS) is 20.7. The molecule has 0 heterocycles. The Hall–Kier alpha value is -1.35. The first-order valence-corrected chi connectivity index (χ1v) is 8.78. The molecule has 1 aromatic rings. The number of aryl methyl sites for hydroxylation is 1. The second-order valence-electron chi connectivity index (χ2n) is 5.50. The Bertz CT molecular complexity index is 671. The number of hydrogen-bond acceptors (Lipinski definition) is 3. The summed E-state index contributed by atoms with van der Waals surface area (Å²) in [5.74, 6) is 6.11. The average Bonchev–Trinajstić information content (AvgIpc) is 3.15. The van der Waals surface area contributed by atoms with Crippen molar-refractivity contribution in [2.24, 2.45) is 11.7 Å². The lowest BCUT2D eigenvalue weighted by molar-refractivity contribution is 0.572. The summed E-state index contributed by atoms with van der Waals surface area (Å²) in [6.07, 6.45) is 3.11. The molecule has 2 unspecified atom stereocenters. The van der Waals surface area contributed by atoms with Crippen molar-refractivity contribution in [1.29, 1.82) is 0 Å². The van der Waals surface area contributed by atoms with Crippen LogP contribution in [0.2, 0.25) is 0 Å². The minimum absolute atomic E-state index is 0.0909. The van der Waals surface area contributed by atoms with E-state index < -0.39 is 10.0 Å². The third-order valence-corrected chi connectivity index (χ3v) is 5.33. The maximum absolute atomic E-state index is 12.5. The van der Waals surface area contributed by atoms with Crippen LogP contribution in [-0.2, 0) is 10.0 Å². The van der Waals surface area contributed by atoms with E-state index in [2.05, 4.69) is 23.5 Å². The monoisotopic (exact) mass is 306 g/mol. The van der Waals surface area contributed by atoms with Gasteiger partial charge in [-0.1, -0.05) is 31.3 Å². The number of benzene rings is 1. The van der Waals surface area contributed by atoms with E-state index in [1.54, 1.807) is 19.1 Å². The van der Waals surface area contributed by atoms with E-state index in [4.69, 9.17) is 5.73 Å². The fraction of sp³-hybridized carbons (Fsp3) is 0.500. The highest BCUT2D eigenvalue weighted by molar-refractivity contribution is 7.89. The predicted octanol–water partition coefficient (Wildman–Crippen LogP) is 1.77. The lowest BCUT2D eigenvalue weighted by Gasteiger charge is -2.09. The van der Waals surface area contributed by atoms with Crippen molar-refractivity contribution in [1.82, 2.24) is 4.72 Å². The molecule has 0 amide bonds. The van der Waals surface area contributed by atoms with Gasteiger partial charge in [0.15, 0.2) is 0 Å². The molecule has 0 saturated heterocycles. The van der Waals surface area contributed by atoms with Crippen molar-refractivity contribution < 1.29 is 8.42 Å². The van der Waals surface area contributed by atoms with Crippen molar-refractivity contribution in [2.45, 2.75) is 44.0 Å². The average molecular weight is 306 g/mol. The van der Waals surface area contributed by atoms with E-state index in [1.165, 1.54) is 0 Å². The molecule has 1 saturated carbocycles. The van der Waals surface area contributed by atoms with Crippen LogP contribution >= 0.6 is 0 Å². The van der Waals surface area contributed by atoms with Gasteiger partial charge in [-0.15, -0.1) is 0 Å². The summed E-state index contributed by atoms with van der Waals surface area (Å²) in [7, 11) is -3.48. The minimum atomic E-state index is -3.48. The molecule has 0 radical (unpaired) electrons. The maximum Gasteiger partial charge on any atom is 0.241 e. The molecule has 4 nitrogen and oxygen atoms in total. The van der Waals surface area contributed by atoms with Gasteiger partial charge in [0.25, 0.3) is 0 Å². The zero-order valence-corrected chi connectivity index (χ0v) is 13.3. The van der Waals surface area contributed by atoms with Crippen molar-refractivity contribution in [3.63, 3.8) is 0 Å². The van der Waals surface area contributed by atoms with Gasteiger partial charge in [0.1, 0.15) is 0 Å². The molecule has 3 N–H and O–H groups in total. The number of sulfonamides is 1. The van der Waals surface area contributed by atoms with Gasteiger partial charge in [-0.2, -0.15) is 0 Å². The van der Waals surface area contributed by atoms with E-state index in [0.29, 0.717) is 16.4 Å². The van der Waals surface area contributed by atoms with Crippen LogP contribution in [0.25, 0.3) is 0 Å². The highest BCUT2D eigenvalue weighted by Gasteiger charge is 2.39. The minimum Gasteiger partial charge on any atom is -0.320 e. The number of hydrogen-bond donors (Lipinski definition) is 2. The van der Waals surface area contributed by atoms with Gasteiger partial charge in [-0.3, -0.25) is 0 Å². The highest BCUT2D eigenvalue weighted by atomic mass is 32.2. The van der Waals surface area contributed by atoms with Gasteiger partial charge in [0, 0.05) is 11.6 Å². The second kappa shape index (κ2) is 6.61. The molecule has 1 aliphatic rings. The smallest absolute Gasteiger partial charge is 0.241 e. The van der Waals surface area contributed by atoms with Crippen molar-refractivity contribution in [2.75, 3.05) is 6.54 Å². The van der Waals surface area contributed by atoms with Crippen molar-refractivity contribution in [3.05, 3.63) is 29.3 Å². The molecule has 0 aliphatic heterocycles. The SMILES string of the molecule is CCCC1CC1NS(=O)(=O)c1cc(C#CCN)ccc1C. The number of rotatable bonds is 5. The second-order valence-corrected chi connectivity index (χ2v) is 7.18. The van der Waals surface area contributed by atoms with E-state index in [1.807, 2.05) is 6.07 Å². The third kappa shape index (κ3) is 4.07. The Morgan fingerprint density at radius 2 is 2.19 bits per heavy atom. The summed E-state index contributed by atoms with van der Waals surface area (Å²) in [5, 5.41) is 0. The molecule has 114 valence electrons. The molecule has 2 atom stereocenters. The van der Waals surface area contributed by atoms with Crippen LogP contribution in [0.3, 0.4) is 0 Å².